The van der Waals surface area contributed by atoms with Crippen molar-refractivity contribution in [3.8, 4) is 5.69 Å². The highest BCUT2D eigenvalue weighted by Crippen LogP contribution is 2.44. The van der Waals surface area contributed by atoms with E-state index in [1.807, 2.05) is 43.3 Å². The van der Waals surface area contributed by atoms with Crippen molar-refractivity contribution < 1.29 is 4.39 Å². The van der Waals surface area contributed by atoms with E-state index in [0.717, 1.165) is 34.0 Å². The molecule has 178 valence electrons. The molecular formula is C27H23Cl2FN4S. The van der Waals surface area contributed by atoms with Crippen LogP contribution in [0.2, 0.25) is 10.0 Å². The summed E-state index contributed by atoms with van der Waals surface area (Å²) in [6.45, 7) is 5.87. The Hall–Kier alpha value is -2.93. The molecule has 0 spiro atoms. The number of halogens is 3. The Bertz CT molecular complexity index is 1440. The molecule has 35 heavy (non-hydrogen) atoms. The number of nitrogens with zero attached hydrogens (tertiary/aromatic N) is 3. The number of thiocarbonyl (C=S) groups is 1. The van der Waals surface area contributed by atoms with Crippen molar-refractivity contribution in [1.29, 1.82) is 0 Å². The van der Waals surface area contributed by atoms with Gasteiger partial charge in [-0.1, -0.05) is 29.3 Å². The fraction of sp³-hybridized carbons (Fsp3) is 0.185. The number of anilines is 1. The molecular weight excluding hydrogens is 502 g/mol. The molecule has 1 saturated heterocycles. The molecule has 0 radical (unpaired) electrons. The first-order valence-corrected chi connectivity index (χ1v) is 12.3. The summed E-state index contributed by atoms with van der Waals surface area (Å²) in [7, 11) is 0. The third-order valence-corrected chi connectivity index (χ3v) is 7.31. The first kappa shape index (κ1) is 23.8. The predicted octanol–water partition coefficient (Wildman–Crippen LogP) is 7.42. The lowest BCUT2D eigenvalue weighted by Crippen LogP contribution is -2.29. The highest BCUT2D eigenvalue weighted by atomic mass is 35.5. The van der Waals surface area contributed by atoms with E-state index in [9.17, 15) is 4.39 Å². The Morgan fingerprint density at radius 1 is 1.00 bits per heavy atom. The van der Waals surface area contributed by atoms with Gasteiger partial charge in [-0.05, 0) is 98.7 Å². The van der Waals surface area contributed by atoms with Gasteiger partial charge in [0, 0.05) is 28.3 Å². The standard InChI is InChI=1S/C27H23Cl2FN4S/c1-15-12-19(8-9-22(15)30)34-26(25(32-27(34)35)23-6-4-5-11-31-23)20-13-16(2)33(17(20)3)24-10-7-18(28)14-21(24)29/h4-14,25-26H,1-3H3,(H,32,35)/t25-,26-/m0/s1. The van der Waals surface area contributed by atoms with Gasteiger partial charge in [-0.2, -0.15) is 0 Å². The normalized spacial score (nSPS) is 17.7. The maximum absolute atomic E-state index is 14.1. The summed E-state index contributed by atoms with van der Waals surface area (Å²) in [6.07, 6.45) is 1.78. The number of hydrogen-bond acceptors (Lipinski definition) is 2. The zero-order valence-electron chi connectivity index (χ0n) is 19.4. The molecule has 1 aliphatic rings. The summed E-state index contributed by atoms with van der Waals surface area (Å²) >= 11 is 18.6. The number of aryl methyl sites for hydroxylation is 2. The van der Waals surface area contributed by atoms with E-state index in [1.165, 1.54) is 6.07 Å². The van der Waals surface area contributed by atoms with Crippen molar-refractivity contribution in [3.63, 3.8) is 0 Å². The van der Waals surface area contributed by atoms with Crippen LogP contribution in [0.5, 0.6) is 0 Å². The maximum atomic E-state index is 14.1. The van der Waals surface area contributed by atoms with E-state index in [1.54, 1.807) is 25.3 Å². The lowest BCUT2D eigenvalue weighted by Gasteiger charge is -2.28. The maximum Gasteiger partial charge on any atom is 0.174 e. The van der Waals surface area contributed by atoms with Gasteiger partial charge in [-0.3, -0.25) is 4.98 Å². The van der Waals surface area contributed by atoms with Crippen LogP contribution < -0.4 is 10.2 Å². The Morgan fingerprint density at radius 2 is 1.80 bits per heavy atom. The SMILES string of the molecule is Cc1cc(N2C(=S)N[C@@H](c3ccccn3)[C@@H]2c2cc(C)n(-c3ccc(Cl)cc3Cl)c2C)ccc1F. The fourth-order valence-electron chi connectivity index (χ4n) is 4.85. The monoisotopic (exact) mass is 524 g/mol. The largest absolute Gasteiger partial charge is 0.351 e. The Labute approximate surface area is 219 Å². The second kappa shape index (κ2) is 9.26. The van der Waals surface area contributed by atoms with Crippen LogP contribution >= 0.6 is 35.4 Å². The van der Waals surface area contributed by atoms with Crippen LogP contribution in [0.1, 0.15) is 40.3 Å². The van der Waals surface area contributed by atoms with Gasteiger partial charge in [-0.25, -0.2) is 4.39 Å². The quantitative estimate of drug-likeness (QED) is 0.281. The number of hydrogen-bond donors (Lipinski definition) is 1. The van der Waals surface area contributed by atoms with Crippen LogP contribution in [0, 0.1) is 26.6 Å². The van der Waals surface area contributed by atoms with Crippen molar-refractivity contribution in [3.05, 3.63) is 111 Å². The molecule has 3 heterocycles. The molecule has 5 rings (SSSR count). The Kier molecular flexibility index (Phi) is 6.30. The van der Waals surface area contributed by atoms with Gasteiger partial charge in [0.05, 0.1) is 28.5 Å². The molecule has 0 amide bonds. The molecule has 0 saturated carbocycles. The summed E-state index contributed by atoms with van der Waals surface area (Å²) in [5.41, 5.74) is 6.21. The molecule has 1 N–H and O–H groups in total. The van der Waals surface area contributed by atoms with Gasteiger partial charge in [0.1, 0.15) is 5.82 Å². The average Bonchev–Trinajstić information content (AvgIpc) is 3.32. The smallest absolute Gasteiger partial charge is 0.174 e. The molecule has 0 bridgehead atoms. The van der Waals surface area contributed by atoms with Gasteiger partial charge in [0.15, 0.2) is 5.11 Å². The second-order valence-electron chi connectivity index (χ2n) is 8.69. The molecule has 1 aliphatic heterocycles. The van der Waals surface area contributed by atoms with E-state index >= 15 is 0 Å². The minimum atomic E-state index is -0.250. The third kappa shape index (κ3) is 4.20. The molecule has 4 aromatic rings. The number of rotatable bonds is 4. The third-order valence-electron chi connectivity index (χ3n) is 6.46. The summed E-state index contributed by atoms with van der Waals surface area (Å²) in [5.74, 6) is -0.250. The predicted molar refractivity (Wildman–Crippen MR) is 144 cm³/mol. The summed E-state index contributed by atoms with van der Waals surface area (Å²) in [5, 5.41) is 5.18. The van der Waals surface area contributed by atoms with Gasteiger partial charge < -0.3 is 14.8 Å². The topological polar surface area (TPSA) is 33.1 Å². The zero-order valence-corrected chi connectivity index (χ0v) is 21.7. The molecule has 1 fully saturated rings. The van der Waals surface area contributed by atoms with Crippen molar-refractivity contribution in [1.82, 2.24) is 14.9 Å². The molecule has 4 nitrogen and oxygen atoms in total. The number of nitrogens with one attached hydrogen (secondary N) is 1. The minimum absolute atomic E-state index is 0.205. The number of pyridine rings is 1. The van der Waals surface area contributed by atoms with Crippen LogP contribution in [0.25, 0.3) is 5.69 Å². The van der Waals surface area contributed by atoms with Crippen molar-refractivity contribution in [2.75, 3.05) is 4.90 Å². The number of benzene rings is 2. The van der Waals surface area contributed by atoms with Crippen LogP contribution in [-0.4, -0.2) is 14.7 Å². The minimum Gasteiger partial charge on any atom is -0.351 e. The summed E-state index contributed by atoms with van der Waals surface area (Å²) in [6, 6.07) is 18.1. The van der Waals surface area contributed by atoms with Crippen LogP contribution in [0.4, 0.5) is 10.1 Å². The van der Waals surface area contributed by atoms with Crippen LogP contribution in [0.15, 0.2) is 66.9 Å². The van der Waals surface area contributed by atoms with Crippen LogP contribution in [0.3, 0.4) is 0 Å². The van der Waals surface area contributed by atoms with Gasteiger partial charge in [0.2, 0.25) is 0 Å². The Morgan fingerprint density at radius 3 is 2.49 bits per heavy atom. The molecule has 2 atom stereocenters. The molecule has 2 aromatic heterocycles. The van der Waals surface area contributed by atoms with Gasteiger partial charge in [-0.15, -0.1) is 0 Å². The first-order valence-electron chi connectivity index (χ1n) is 11.2. The van der Waals surface area contributed by atoms with E-state index < -0.39 is 0 Å². The van der Waals surface area contributed by atoms with Crippen molar-refractivity contribution >= 4 is 46.2 Å². The molecule has 0 unspecified atom stereocenters. The van der Waals surface area contributed by atoms with Crippen molar-refractivity contribution in [2.45, 2.75) is 32.9 Å². The molecule has 2 aromatic carbocycles. The average molecular weight is 525 g/mol. The highest BCUT2D eigenvalue weighted by molar-refractivity contribution is 7.80. The summed E-state index contributed by atoms with van der Waals surface area (Å²) < 4.78 is 16.2. The zero-order chi connectivity index (χ0) is 24.9. The Balaban J connectivity index is 1.70. The molecule has 0 aliphatic carbocycles. The first-order chi connectivity index (χ1) is 16.8. The molecule has 8 heteroatoms. The van der Waals surface area contributed by atoms with Gasteiger partial charge >= 0.3 is 0 Å². The lowest BCUT2D eigenvalue weighted by atomic mass is 9.96. The lowest BCUT2D eigenvalue weighted by molar-refractivity contribution is 0.564. The van der Waals surface area contributed by atoms with Crippen molar-refractivity contribution in [2.24, 2.45) is 0 Å². The van der Waals surface area contributed by atoms with E-state index in [4.69, 9.17) is 35.4 Å². The van der Waals surface area contributed by atoms with E-state index in [-0.39, 0.29) is 17.9 Å². The second-order valence-corrected chi connectivity index (χ2v) is 9.92. The van der Waals surface area contributed by atoms with Gasteiger partial charge in [0.25, 0.3) is 0 Å². The summed E-state index contributed by atoms with van der Waals surface area (Å²) in [4.78, 5) is 6.67. The van der Waals surface area contributed by atoms with E-state index in [2.05, 4.69) is 32.8 Å². The fourth-order valence-corrected chi connectivity index (χ4v) is 5.69. The van der Waals surface area contributed by atoms with Crippen LogP contribution in [-0.2, 0) is 0 Å². The highest BCUT2D eigenvalue weighted by Gasteiger charge is 2.42. The van der Waals surface area contributed by atoms with E-state index in [0.29, 0.717) is 20.7 Å². The number of aromatic nitrogens is 2.